The number of rotatable bonds is 4. The van der Waals surface area contributed by atoms with Gasteiger partial charge in [0, 0.05) is 18.3 Å². The van der Waals surface area contributed by atoms with Crippen LogP contribution in [0.1, 0.15) is 44.2 Å². The first-order chi connectivity index (χ1) is 10.1. The van der Waals surface area contributed by atoms with Gasteiger partial charge in [-0.15, -0.1) is 0 Å². The molecule has 0 radical (unpaired) electrons. The third-order valence-corrected chi connectivity index (χ3v) is 3.49. The molecular weight excluding hydrogens is 266 g/mol. The molecule has 0 bridgehead atoms. The van der Waals surface area contributed by atoms with Gasteiger partial charge in [0.25, 0.3) is 0 Å². The summed E-state index contributed by atoms with van der Waals surface area (Å²) in [5.74, 6) is -0.354. The van der Waals surface area contributed by atoms with E-state index in [9.17, 15) is 9.59 Å². The summed E-state index contributed by atoms with van der Waals surface area (Å²) in [4.78, 5) is 22.8. The molecule has 2 amide bonds. The van der Waals surface area contributed by atoms with E-state index in [1.165, 1.54) is 30.9 Å². The molecule has 0 heterocycles. The van der Waals surface area contributed by atoms with Gasteiger partial charge in [-0.1, -0.05) is 12.1 Å². The van der Waals surface area contributed by atoms with Gasteiger partial charge in [-0.3, -0.25) is 9.59 Å². The minimum Gasteiger partial charge on any atom is -0.325 e. The summed E-state index contributed by atoms with van der Waals surface area (Å²) in [7, 11) is 0. The molecule has 1 aliphatic carbocycles. The fraction of sp³-hybridized carbons (Fsp3) is 0.438. The summed E-state index contributed by atoms with van der Waals surface area (Å²) >= 11 is 0. The molecule has 0 atom stereocenters. The average Bonchev–Trinajstić information content (AvgIpc) is 2.45. The molecular formula is C16H21N3O2. The molecule has 2 rings (SSSR count). The van der Waals surface area contributed by atoms with Crippen LogP contribution in [0, 0.1) is 0 Å². The number of nitrogens with one attached hydrogen (secondary N) is 2. The van der Waals surface area contributed by atoms with Gasteiger partial charge in [-0.2, -0.15) is 5.10 Å². The number of carbonyl (C=O) groups excluding carboxylic acids is 2. The number of fused-ring (bicyclic) bond motifs is 1. The minimum absolute atomic E-state index is 0.111. The van der Waals surface area contributed by atoms with Crippen molar-refractivity contribution < 1.29 is 9.59 Å². The first-order valence-corrected chi connectivity index (χ1v) is 7.26. The number of anilines is 1. The zero-order chi connectivity index (χ0) is 15.2. The van der Waals surface area contributed by atoms with Crippen LogP contribution < -0.4 is 10.7 Å². The van der Waals surface area contributed by atoms with E-state index in [1.807, 2.05) is 12.1 Å². The summed E-state index contributed by atoms with van der Waals surface area (Å²) in [5.41, 5.74) is 6.41. The van der Waals surface area contributed by atoms with Crippen molar-refractivity contribution in [3.8, 4) is 0 Å². The van der Waals surface area contributed by atoms with E-state index < -0.39 is 0 Å². The monoisotopic (exact) mass is 287 g/mol. The highest BCUT2D eigenvalue weighted by molar-refractivity contribution is 6.06. The lowest BCUT2D eigenvalue weighted by molar-refractivity contribution is -0.119. The topological polar surface area (TPSA) is 70.6 Å². The first-order valence-electron chi connectivity index (χ1n) is 7.26. The molecule has 1 aromatic carbocycles. The summed E-state index contributed by atoms with van der Waals surface area (Å²) < 4.78 is 0. The van der Waals surface area contributed by atoms with Crippen molar-refractivity contribution in [2.24, 2.45) is 5.10 Å². The van der Waals surface area contributed by atoms with Crippen molar-refractivity contribution in [2.75, 3.05) is 5.32 Å². The Bertz CT molecular complexity index is 579. The Kier molecular flexibility index (Phi) is 5.09. The van der Waals surface area contributed by atoms with E-state index in [0.29, 0.717) is 5.71 Å². The molecule has 0 unspecified atom stereocenters. The van der Waals surface area contributed by atoms with Gasteiger partial charge in [-0.25, -0.2) is 5.43 Å². The van der Waals surface area contributed by atoms with Gasteiger partial charge in [0.1, 0.15) is 0 Å². The van der Waals surface area contributed by atoms with Crippen molar-refractivity contribution in [3.05, 3.63) is 29.3 Å². The zero-order valence-corrected chi connectivity index (χ0v) is 12.5. The first kappa shape index (κ1) is 15.2. The normalized spacial score (nSPS) is 14.3. The predicted octanol–water partition coefficient (Wildman–Crippen LogP) is 2.41. The molecule has 112 valence electrons. The Morgan fingerprint density at radius 3 is 2.71 bits per heavy atom. The van der Waals surface area contributed by atoms with Gasteiger partial charge < -0.3 is 5.32 Å². The molecule has 21 heavy (non-hydrogen) atoms. The minimum atomic E-state index is -0.244. The molecule has 5 heteroatoms. The molecule has 2 N–H and O–H groups in total. The van der Waals surface area contributed by atoms with Crippen LogP contribution >= 0.6 is 0 Å². The highest BCUT2D eigenvalue weighted by atomic mass is 16.2. The Morgan fingerprint density at radius 1 is 1.19 bits per heavy atom. The standard InChI is InChI=1S/C16H21N3O2/c1-11(18-19-12(2)20)10-16(21)17-15-9-5-7-13-6-3-4-8-14(13)15/h5,7,9H,3-4,6,8,10H2,1-2H3,(H,17,21)(H,19,20)/b18-11-. The van der Waals surface area contributed by atoms with Crippen LogP contribution in [-0.2, 0) is 22.4 Å². The number of nitrogens with zero attached hydrogens (tertiary/aromatic N) is 1. The Labute approximate surface area is 124 Å². The Morgan fingerprint density at radius 2 is 1.95 bits per heavy atom. The van der Waals surface area contributed by atoms with E-state index in [2.05, 4.69) is 21.9 Å². The van der Waals surface area contributed by atoms with Crippen LogP contribution in [0.5, 0.6) is 0 Å². The lowest BCUT2D eigenvalue weighted by Crippen LogP contribution is -2.20. The van der Waals surface area contributed by atoms with Crippen LogP contribution in [0.4, 0.5) is 5.69 Å². The molecule has 0 fully saturated rings. The van der Waals surface area contributed by atoms with E-state index in [-0.39, 0.29) is 18.2 Å². The van der Waals surface area contributed by atoms with Gasteiger partial charge in [-0.05, 0) is 49.8 Å². The average molecular weight is 287 g/mol. The van der Waals surface area contributed by atoms with Crippen molar-refractivity contribution in [3.63, 3.8) is 0 Å². The number of hydrogen-bond donors (Lipinski definition) is 2. The van der Waals surface area contributed by atoms with E-state index in [1.54, 1.807) is 6.92 Å². The second-order valence-electron chi connectivity index (χ2n) is 5.39. The highest BCUT2D eigenvalue weighted by Crippen LogP contribution is 2.27. The second-order valence-corrected chi connectivity index (χ2v) is 5.39. The van der Waals surface area contributed by atoms with Crippen LogP contribution in [0.25, 0.3) is 0 Å². The van der Waals surface area contributed by atoms with E-state index in [0.717, 1.165) is 18.5 Å². The van der Waals surface area contributed by atoms with Crippen LogP contribution in [-0.4, -0.2) is 17.5 Å². The van der Waals surface area contributed by atoms with E-state index >= 15 is 0 Å². The number of carbonyl (C=O) groups is 2. The number of benzene rings is 1. The third-order valence-electron chi connectivity index (χ3n) is 3.49. The quantitative estimate of drug-likeness (QED) is 0.659. The maximum Gasteiger partial charge on any atom is 0.236 e. The van der Waals surface area contributed by atoms with Crippen molar-refractivity contribution in [2.45, 2.75) is 46.0 Å². The van der Waals surface area contributed by atoms with Gasteiger partial charge in [0.15, 0.2) is 0 Å². The van der Waals surface area contributed by atoms with Gasteiger partial charge in [0.2, 0.25) is 11.8 Å². The maximum absolute atomic E-state index is 12.0. The number of hydrogen-bond acceptors (Lipinski definition) is 3. The van der Waals surface area contributed by atoms with Gasteiger partial charge >= 0.3 is 0 Å². The van der Waals surface area contributed by atoms with Crippen molar-refractivity contribution in [1.82, 2.24) is 5.43 Å². The fourth-order valence-electron chi connectivity index (χ4n) is 2.54. The van der Waals surface area contributed by atoms with Crippen molar-refractivity contribution >= 4 is 23.2 Å². The number of amides is 2. The highest BCUT2D eigenvalue weighted by Gasteiger charge is 2.14. The summed E-state index contributed by atoms with van der Waals surface area (Å²) in [5, 5.41) is 6.81. The Balaban J connectivity index is 2.00. The lowest BCUT2D eigenvalue weighted by Gasteiger charge is -2.19. The molecule has 1 aromatic rings. The maximum atomic E-state index is 12.0. The summed E-state index contributed by atoms with van der Waals surface area (Å²) in [6, 6.07) is 6.06. The summed E-state index contributed by atoms with van der Waals surface area (Å²) in [6.07, 6.45) is 4.66. The predicted molar refractivity (Wildman–Crippen MR) is 83.3 cm³/mol. The molecule has 0 spiro atoms. The lowest BCUT2D eigenvalue weighted by atomic mass is 9.90. The largest absolute Gasteiger partial charge is 0.325 e. The van der Waals surface area contributed by atoms with E-state index in [4.69, 9.17) is 0 Å². The third kappa shape index (κ3) is 4.41. The SMILES string of the molecule is CC(=O)N/N=C(/C)CC(=O)Nc1cccc2c1CCCC2. The van der Waals surface area contributed by atoms with Crippen LogP contribution in [0.3, 0.4) is 0 Å². The molecule has 1 aliphatic rings. The molecule has 0 aliphatic heterocycles. The molecule has 0 saturated heterocycles. The number of aryl methyl sites for hydroxylation is 1. The zero-order valence-electron chi connectivity index (χ0n) is 12.5. The smallest absolute Gasteiger partial charge is 0.236 e. The van der Waals surface area contributed by atoms with Crippen LogP contribution in [0.2, 0.25) is 0 Å². The Hall–Kier alpha value is -2.17. The second kappa shape index (κ2) is 7.02. The number of hydrazone groups is 1. The summed E-state index contributed by atoms with van der Waals surface area (Å²) in [6.45, 7) is 3.10. The van der Waals surface area contributed by atoms with Crippen LogP contribution in [0.15, 0.2) is 23.3 Å². The van der Waals surface area contributed by atoms with Crippen molar-refractivity contribution in [1.29, 1.82) is 0 Å². The van der Waals surface area contributed by atoms with Gasteiger partial charge in [0.05, 0.1) is 6.42 Å². The molecule has 0 aromatic heterocycles. The molecule has 0 saturated carbocycles. The molecule has 5 nitrogen and oxygen atoms in total. The fourth-order valence-corrected chi connectivity index (χ4v) is 2.54.